The molecule has 29 heavy (non-hydrogen) atoms. The molecule has 0 fully saturated rings. The van der Waals surface area contributed by atoms with Crippen LogP contribution in [-0.2, 0) is 20.6 Å². The predicted octanol–water partition coefficient (Wildman–Crippen LogP) is 3.25. The minimum atomic E-state index is 0.137. The third-order valence-corrected chi connectivity index (χ3v) is 5.58. The predicted molar refractivity (Wildman–Crippen MR) is 111 cm³/mol. The van der Waals surface area contributed by atoms with Gasteiger partial charge in [-0.2, -0.15) is 10.2 Å². The van der Waals surface area contributed by atoms with Crippen molar-refractivity contribution in [2.75, 3.05) is 5.32 Å². The van der Waals surface area contributed by atoms with Crippen LogP contribution in [0.15, 0.2) is 36.7 Å². The van der Waals surface area contributed by atoms with Gasteiger partial charge in [0.15, 0.2) is 0 Å². The molecule has 1 aliphatic rings. The number of aryl methyl sites for hydroxylation is 5. The molecule has 4 heterocycles. The molecule has 0 spiro atoms. The van der Waals surface area contributed by atoms with Crippen molar-refractivity contribution in [2.24, 2.45) is 14.1 Å². The normalized spacial score (nSPS) is 15.7. The molecular weight excluding hydrogens is 364 g/mol. The van der Waals surface area contributed by atoms with Gasteiger partial charge in [0.05, 0.1) is 29.3 Å². The molecule has 0 saturated heterocycles. The molecule has 1 aromatic carbocycles. The maximum atomic E-state index is 4.48. The number of aromatic nitrogens is 7. The fourth-order valence-electron chi connectivity index (χ4n) is 4.19. The Balaban J connectivity index is 1.64. The Morgan fingerprint density at radius 3 is 2.69 bits per heavy atom. The van der Waals surface area contributed by atoms with E-state index in [0.717, 1.165) is 47.0 Å². The topological polar surface area (TPSA) is 78.4 Å². The minimum absolute atomic E-state index is 0.137. The fourth-order valence-corrected chi connectivity index (χ4v) is 4.19. The molecule has 0 amide bonds. The number of nitrogens with zero attached hydrogens (tertiary/aromatic N) is 7. The maximum absolute atomic E-state index is 4.48. The van der Waals surface area contributed by atoms with Crippen molar-refractivity contribution in [1.82, 2.24) is 34.6 Å². The Kier molecular flexibility index (Phi) is 4.01. The molecule has 4 aromatic rings. The number of fused-ring (bicyclic) bond motifs is 3. The first-order chi connectivity index (χ1) is 14.0. The van der Waals surface area contributed by atoms with Crippen LogP contribution in [0.2, 0.25) is 0 Å². The fraction of sp³-hybridized carbons (Fsp3) is 0.333. The van der Waals surface area contributed by atoms with Crippen molar-refractivity contribution in [1.29, 1.82) is 0 Å². The highest BCUT2D eigenvalue weighted by Gasteiger charge is 2.26. The Morgan fingerprint density at radius 2 is 1.97 bits per heavy atom. The summed E-state index contributed by atoms with van der Waals surface area (Å²) in [5, 5.41) is 21.2. The summed E-state index contributed by atoms with van der Waals surface area (Å²) in [6, 6.07) is 8.84. The lowest BCUT2D eigenvalue weighted by molar-refractivity contribution is 0.537. The summed E-state index contributed by atoms with van der Waals surface area (Å²) in [6.45, 7) is 4.84. The standard InChI is InChI=1S/C21H24N8/c1-13-9-20(28(4)25-13)23-19-7-8-29-21(14(2)24-26-29)17-6-5-15(10-18(17)19)16-11-22-27(3)12-16/h5-6,9-12,19,23H,7-8H2,1-4H3. The molecule has 0 saturated carbocycles. The Morgan fingerprint density at radius 1 is 1.10 bits per heavy atom. The van der Waals surface area contributed by atoms with Gasteiger partial charge in [0.2, 0.25) is 0 Å². The van der Waals surface area contributed by atoms with Gasteiger partial charge >= 0.3 is 0 Å². The van der Waals surface area contributed by atoms with E-state index >= 15 is 0 Å². The molecule has 148 valence electrons. The van der Waals surface area contributed by atoms with E-state index in [-0.39, 0.29) is 6.04 Å². The van der Waals surface area contributed by atoms with Gasteiger partial charge in [0, 0.05) is 44.0 Å². The molecule has 0 radical (unpaired) electrons. The number of benzene rings is 1. The van der Waals surface area contributed by atoms with Crippen molar-refractivity contribution in [3.63, 3.8) is 0 Å². The SMILES string of the molecule is Cc1cc(NC2CCn3nnc(C)c3-c3ccc(-c4cnn(C)c4)cc32)n(C)n1. The average Bonchev–Trinajstić information content (AvgIpc) is 3.34. The zero-order valence-corrected chi connectivity index (χ0v) is 17.1. The molecule has 5 rings (SSSR count). The number of rotatable bonds is 3. The smallest absolute Gasteiger partial charge is 0.124 e. The van der Waals surface area contributed by atoms with Gasteiger partial charge in [-0.1, -0.05) is 17.3 Å². The van der Waals surface area contributed by atoms with E-state index in [1.807, 2.05) is 54.4 Å². The maximum Gasteiger partial charge on any atom is 0.124 e. The Bertz CT molecular complexity index is 1200. The first-order valence-electron chi connectivity index (χ1n) is 9.80. The molecule has 1 aliphatic heterocycles. The molecule has 8 nitrogen and oxygen atoms in total. The van der Waals surface area contributed by atoms with Gasteiger partial charge in [-0.05, 0) is 37.5 Å². The van der Waals surface area contributed by atoms with Crippen LogP contribution in [0.5, 0.6) is 0 Å². The van der Waals surface area contributed by atoms with E-state index in [4.69, 9.17) is 0 Å². The van der Waals surface area contributed by atoms with E-state index in [9.17, 15) is 0 Å². The van der Waals surface area contributed by atoms with Gasteiger partial charge in [-0.25, -0.2) is 4.68 Å². The van der Waals surface area contributed by atoms with Crippen LogP contribution in [0, 0.1) is 13.8 Å². The van der Waals surface area contributed by atoms with Crippen LogP contribution in [0.4, 0.5) is 5.82 Å². The van der Waals surface area contributed by atoms with E-state index < -0.39 is 0 Å². The number of hydrogen-bond acceptors (Lipinski definition) is 5. The second-order valence-corrected chi connectivity index (χ2v) is 7.73. The van der Waals surface area contributed by atoms with E-state index in [2.05, 4.69) is 50.1 Å². The van der Waals surface area contributed by atoms with Crippen molar-refractivity contribution in [2.45, 2.75) is 32.9 Å². The van der Waals surface area contributed by atoms with Gasteiger partial charge < -0.3 is 5.32 Å². The highest BCUT2D eigenvalue weighted by Crippen LogP contribution is 2.38. The summed E-state index contributed by atoms with van der Waals surface area (Å²) < 4.78 is 5.75. The van der Waals surface area contributed by atoms with Gasteiger partial charge in [0.1, 0.15) is 5.82 Å². The average molecular weight is 388 g/mol. The Hall–Kier alpha value is -3.42. The van der Waals surface area contributed by atoms with Gasteiger partial charge in [0.25, 0.3) is 0 Å². The molecule has 3 aromatic heterocycles. The molecule has 0 bridgehead atoms. The van der Waals surface area contributed by atoms with Crippen LogP contribution in [0.25, 0.3) is 22.4 Å². The summed E-state index contributed by atoms with van der Waals surface area (Å²) in [4.78, 5) is 0. The summed E-state index contributed by atoms with van der Waals surface area (Å²) >= 11 is 0. The number of nitrogens with one attached hydrogen (secondary N) is 1. The van der Waals surface area contributed by atoms with Gasteiger partial charge in [-0.3, -0.25) is 9.36 Å². The zero-order valence-electron chi connectivity index (χ0n) is 17.1. The Labute approximate surface area is 169 Å². The van der Waals surface area contributed by atoms with Crippen molar-refractivity contribution < 1.29 is 0 Å². The largest absolute Gasteiger partial charge is 0.363 e. The van der Waals surface area contributed by atoms with E-state index in [1.165, 1.54) is 11.1 Å². The van der Waals surface area contributed by atoms with E-state index in [0.29, 0.717) is 0 Å². The highest BCUT2D eigenvalue weighted by molar-refractivity contribution is 5.74. The summed E-state index contributed by atoms with van der Waals surface area (Å²) in [5.74, 6) is 1.01. The lowest BCUT2D eigenvalue weighted by atomic mass is 9.93. The van der Waals surface area contributed by atoms with Gasteiger partial charge in [-0.15, -0.1) is 5.10 Å². The van der Waals surface area contributed by atoms with Crippen molar-refractivity contribution in [3.8, 4) is 22.4 Å². The lowest BCUT2D eigenvalue weighted by Gasteiger charge is -2.21. The molecular formula is C21H24N8. The zero-order chi connectivity index (χ0) is 20.1. The second-order valence-electron chi connectivity index (χ2n) is 7.73. The van der Waals surface area contributed by atoms with Crippen LogP contribution in [0.1, 0.15) is 29.4 Å². The molecule has 0 aliphatic carbocycles. The van der Waals surface area contributed by atoms with E-state index in [1.54, 1.807) is 0 Å². The minimum Gasteiger partial charge on any atom is -0.363 e. The third kappa shape index (κ3) is 3.00. The van der Waals surface area contributed by atoms with Crippen molar-refractivity contribution >= 4 is 5.82 Å². The van der Waals surface area contributed by atoms with Crippen LogP contribution >= 0.6 is 0 Å². The summed E-state index contributed by atoms with van der Waals surface area (Å²) in [7, 11) is 3.91. The first kappa shape index (κ1) is 17.7. The quantitative estimate of drug-likeness (QED) is 0.583. The molecule has 8 heteroatoms. The molecule has 1 atom stereocenters. The molecule has 1 unspecified atom stereocenters. The number of anilines is 1. The molecule has 1 N–H and O–H groups in total. The van der Waals surface area contributed by atoms with Crippen LogP contribution < -0.4 is 5.32 Å². The van der Waals surface area contributed by atoms with Crippen LogP contribution in [0.3, 0.4) is 0 Å². The lowest BCUT2D eigenvalue weighted by Crippen LogP contribution is -2.15. The third-order valence-electron chi connectivity index (χ3n) is 5.58. The monoisotopic (exact) mass is 388 g/mol. The van der Waals surface area contributed by atoms with Crippen LogP contribution in [-0.4, -0.2) is 34.6 Å². The summed E-state index contributed by atoms with van der Waals surface area (Å²) in [6.07, 6.45) is 4.86. The van der Waals surface area contributed by atoms with Crippen molar-refractivity contribution in [3.05, 3.63) is 53.6 Å². The highest BCUT2D eigenvalue weighted by atomic mass is 15.4. The summed E-state index contributed by atoms with van der Waals surface area (Å²) in [5.41, 5.74) is 7.74. The number of hydrogen-bond donors (Lipinski definition) is 1. The first-order valence-corrected chi connectivity index (χ1v) is 9.80. The second kappa shape index (κ2) is 6.58.